The number of hydrogen-bond donors (Lipinski definition) is 1. The molecule has 0 unspecified atom stereocenters. The van der Waals surface area contributed by atoms with Crippen LogP contribution in [0.4, 0.5) is 0 Å². The van der Waals surface area contributed by atoms with E-state index in [9.17, 15) is 9.90 Å². The molecule has 1 fully saturated rings. The molecule has 142 valence electrons. The first-order chi connectivity index (χ1) is 13.7. The van der Waals surface area contributed by atoms with Crippen molar-refractivity contribution in [1.29, 1.82) is 0 Å². The van der Waals surface area contributed by atoms with Crippen LogP contribution in [-0.2, 0) is 0 Å². The van der Waals surface area contributed by atoms with Crippen molar-refractivity contribution in [2.24, 2.45) is 0 Å². The third kappa shape index (κ3) is 3.92. The van der Waals surface area contributed by atoms with Crippen molar-refractivity contribution in [2.75, 3.05) is 26.2 Å². The van der Waals surface area contributed by atoms with Crippen LogP contribution in [0, 0.1) is 0 Å². The number of nitrogens with zero attached hydrogens (tertiary/aromatic N) is 2. The van der Waals surface area contributed by atoms with E-state index in [0.29, 0.717) is 18.7 Å². The number of phenols is 1. The summed E-state index contributed by atoms with van der Waals surface area (Å²) in [5, 5.41) is 9.43. The van der Waals surface area contributed by atoms with Crippen molar-refractivity contribution in [3.05, 3.63) is 102 Å². The highest BCUT2D eigenvalue weighted by atomic mass is 16.3. The van der Waals surface area contributed by atoms with Crippen molar-refractivity contribution in [3.8, 4) is 5.75 Å². The molecule has 0 atom stereocenters. The van der Waals surface area contributed by atoms with E-state index in [0.717, 1.165) is 13.1 Å². The standard InChI is InChI=1S/C24H24N2O2/c27-22-13-11-21(12-14-22)24(28)26-17-15-25(16-18-26)23(19-7-3-1-4-8-19)20-9-5-2-6-10-20/h1-14,23,27H,15-18H2. The molecule has 0 spiro atoms. The molecule has 1 aliphatic heterocycles. The van der Waals surface area contributed by atoms with Gasteiger partial charge in [-0.1, -0.05) is 60.7 Å². The van der Waals surface area contributed by atoms with Crippen LogP contribution in [0.3, 0.4) is 0 Å². The molecule has 1 aliphatic rings. The summed E-state index contributed by atoms with van der Waals surface area (Å²) in [4.78, 5) is 17.1. The minimum absolute atomic E-state index is 0.0237. The van der Waals surface area contributed by atoms with Crippen molar-refractivity contribution < 1.29 is 9.90 Å². The highest BCUT2D eigenvalue weighted by Gasteiger charge is 2.28. The Kier molecular flexibility index (Phi) is 5.40. The number of benzene rings is 3. The highest BCUT2D eigenvalue weighted by molar-refractivity contribution is 5.94. The van der Waals surface area contributed by atoms with Gasteiger partial charge in [-0.05, 0) is 35.4 Å². The van der Waals surface area contributed by atoms with Gasteiger partial charge in [0, 0.05) is 31.7 Å². The van der Waals surface area contributed by atoms with Crippen LogP contribution >= 0.6 is 0 Å². The highest BCUT2D eigenvalue weighted by Crippen LogP contribution is 2.29. The van der Waals surface area contributed by atoms with E-state index in [-0.39, 0.29) is 17.7 Å². The van der Waals surface area contributed by atoms with Crippen molar-refractivity contribution in [1.82, 2.24) is 9.80 Å². The van der Waals surface area contributed by atoms with Crippen LogP contribution in [0.2, 0.25) is 0 Å². The first kappa shape index (κ1) is 18.3. The lowest BCUT2D eigenvalue weighted by atomic mass is 9.96. The lowest BCUT2D eigenvalue weighted by molar-refractivity contribution is 0.0597. The van der Waals surface area contributed by atoms with E-state index in [4.69, 9.17) is 0 Å². The Labute approximate surface area is 165 Å². The summed E-state index contributed by atoms with van der Waals surface area (Å²) in [6, 6.07) is 27.8. The van der Waals surface area contributed by atoms with Gasteiger partial charge in [-0.3, -0.25) is 9.69 Å². The second-order valence-corrected chi connectivity index (χ2v) is 7.10. The van der Waals surface area contributed by atoms with Crippen molar-refractivity contribution in [3.63, 3.8) is 0 Å². The smallest absolute Gasteiger partial charge is 0.253 e. The average molecular weight is 372 g/mol. The Morgan fingerprint density at radius 3 is 1.71 bits per heavy atom. The van der Waals surface area contributed by atoms with Gasteiger partial charge in [0.15, 0.2) is 0 Å². The number of piperazine rings is 1. The monoisotopic (exact) mass is 372 g/mol. The van der Waals surface area contributed by atoms with E-state index in [2.05, 4.69) is 53.4 Å². The number of rotatable bonds is 4. The second kappa shape index (κ2) is 8.28. The molecule has 1 saturated heterocycles. The first-order valence-electron chi connectivity index (χ1n) is 9.64. The largest absolute Gasteiger partial charge is 0.508 e. The maximum Gasteiger partial charge on any atom is 0.253 e. The van der Waals surface area contributed by atoms with Gasteiger partial charge >= 0.3 is 0 Å². The number of aromatic hydroxyl groups is 1. The van der Waals surface area contributed by atoms with Gasteiger partial charge in [-0.2, -0.15) is 0 Å². The molecule has 1 heterocycles. The fraction of sp³-hybridized carbons (Fsp3) is 0.208. The van der Waals surface area contributed by atoms with Crippen LogP contribution in [-0.4, -0.2) is 47.0 Å². The van der Waals surface area contributed by atoms with Crippen LogP contribution in [0.25, 0.3) is 0 Å². The molecule has 0 bridgehead atoms. The second-order valence-electron chi connectivity index (χ2n) is 7.10. The zero-order valence-electron chi connectivity index (χ0n) is 15.7. The van der Waals surface area contributed by atoms with Crippen LogP contribution in [0.5, 0.6) is 5.75 Å². The van der Waals surface area contributed by atoms with Gasteiger partial charge in [0.2, 0.25) is 0 Å². The van der Waals surface area contributed by atoms with Crippen LogP contribution < -0.4 is 0 Å². The Hall–Kier alpha value is -3.11. The Morgan fingerprint density at radius 1 is 0.714 bits per heavy atom. The van der Waals surface area contributed by atoms with Crippen LogP contribution in [0.15, 0.2) is 84.9 Å². The fourth-order valence-corrected chi connectivity index (χ4v) is 3.85. The number of carbonyl (C=O) groups excluding carboxylic acids is 1. The van der Waals surface area contributed by atoms with Gasteiger partial charge in [-0.15, -0.1) is 0 Å². The number of hydrogen-bond acceptors (Lipinski definition) is 3. The van der Waals surface area contributed by atoms with Gasteiger partial charge < -0.3 is 10.0 Å². The lowest BCUT2D eigenvalue weighted by Crippen LogP contribution is -2.49. The summed E-state index contributed by atoms with van der Waals surface area (Å²) in [7, 11) is 0. The lowest BCUT2D eigenvalue weighted by Gasteiger charge is -2.39. The maximum atomic E-state index is 12.8. The third-order valence-corrected chi connectivity index (χ3v) is 5.31. The third-order valence-electron chi connectivity index (χ3n) is 5.31. The molecular weight excluding hydrogens is 348 g/mol. The predicted molar refractivity (Wildman–Crippen MR) is 110 cm³/mol. The number of carbonyl (C=O) groups is 1. The topological polar surface area (TPSA) is 43.8 Å². The summed E-state index contributed by atoms with van der Waals surface area (Å²) < 4.78 is 0. The summed E-state index contributed by atoms with van der Waals surface area (Å²) in [6.45, 7) is 3.02. The quantitative estimate of drug-likeness (QED) is 0.754. The molecule has 28 heavy (non-hydrogen) atoms. The van der Waals surface area contributed by atoms with Gasteiger partial charge in [0.05, 0.1) is 6.04 Å². The molecule has 1 N–H and O–H groups in total. The molecule has 4 nitrogen and oxygen atoms in total. The van der Waals surface area contributed by atoms with E-state index >= 15 is 0 Å². The van der Waals surface area contributed by atoms with E-state index < -0.39 is 0 Å². The van der Waals surface area contributed by atoms with Gasteiger partial charge in [0.1, 0.15) is 5.75 Å². The summed E-state index contributed by atoms with van der Waals surface area (Å²) in [5.41, 5.74) is 3.16. The van der Waals surface area contributed by atoms with Crippen LogP contribution in [0.1, 0.15) is 27.5 Å². The molecule has 4 heteroatoms. The van der Waals surface area contributed by atoms with E-state index in [1.807, 2.05) is 17.0 Å². The molecule has 1 amide bonds. The molecule has 3 aromatic carbocycles. The Balaban J connectivity index is 1.50. The molecule has 0 aliphatic carbocycles. The minimum atomic E-state index is 0.0237. The summed E-state index contributed by atoms with van der Waals surface area (Å²) in [6.07, 6.45) is 0. The predicted octanol–water partition coefficient (Wildman–Crippen LogP) is 3.94. The van der Waals surface area contributed by atoms with E-state index in [1.165, 1.54) is 11.1 Å². The normalized spacial score (nSPS) is 15.0. The van der Waals surface area contributed by atoms with E-state index in [1.54, 1.807) is 24.3 Å². The molecular formula is C24H24N2O2. The van der Waals surface area contributed by atoms with Gasteiger partial charge in [0.25, 0.3) is 5.91 Å². The maximum absolute atomic E-state index is 12.8. The SMILES string of the molecule is O=C(c1ccc(O)cc1)N1CCN(C(c2ccccc2)c2ccccc2)CC1. The zero-order chi connectivity index (χ0) is 19.3. The molecule has 3 aromatic rings. The summed E-state index contributed by atoms with van der Waals surface area (Å²) in [5.74, 6) is 0.200. The molecule has 0 aromatic heterocycles. The Bertz CT molecular complexity index is 863. The molecule has 0 saturated carbocycles. The fourth-order valence-electron chi connectivity index (χ4n) is 3.85. The first-order valence-corrected chi connectivity index (χ1v) is 9.64. The zero-order valence-corrected chi connectivity index (χ0v) is 15.7. The number of phenolic OH excluding ortho intramolecular Hbond substituents is 1. The number of amides is 1. The van der Waals surface area contributed by atoms with Gasteiger partial charge in [-0.25, -0.2) is 0 Å². The minimum Gasteiger partial charge on any atom is -0.508 e. The average Bonchev–Trinajstić information content (AvgIpc) is 2.76. The molecule has 0 radical (unpaired) electrons. The molecule has 4 rings (SSSR count). The summed E-state index contributed by atoms with van der Waals surface area (Å²) >= 11 is 0. The van der Waals surface area contributed by atoms with Crippen molar-refractivity contribution >= 4 is 5.91 Å². The Morgan fingerprint density at radius 2 is 1.21 bits per heavy atom. The van der Waals surface area contributed by atoms with Crippen molar-refractivity contribution in [2.45, 2.75) is 6.04 Å².